The predicted molar refractivity (Wildman–Crippen MR) is 64.9 cm³/mol. The van der Waals surface area contributed by atoms with E-state index in [2.05, 4.69) is 15.5 Å². The van der Waals surface area contributed by atoms with Crippen LogP contribution in [0.5, 0.6) is 0 Å². The minimum absolute atomic E-state index is 0.128. The molecule has 2 N–H and O–H groups in total. The van der Waals surface area contributed by atoms with E-state index in [1.165, 1.54) is 12.4 Å². The first-order valence-corrected chi connectivity index (χ1v) is 5.83. The summed E-state index contributed by atoms with van der Waals surface area (Å²) in [5.74, 6) is -0.175. The summed E-state index contributed by atoms with van der Waals surface area (Å²) >= 11 is 0. The normalized spacial score (nSPS) is 19.2. The summed E-state index contributed by atoms with van der Waals surface area (Å²) in [6.45, 7) is 1.30. The minimum atomic E-state index is -0.175. The first-order chi connectivity index (χ1) is 8.79. The molecule has 6 nitrogen and oxygen atoms in total. The van der Waals surface area contributed by atoms with E-state index in [0.717, 1.165) is 19.4 Å². The molecule has 1 aliphatic rings. The smallest absolute Gasteiger partial charge is 0.252 e. The van der Waals surface area contributed by atoms with Gasteiger partial charge in [0.05, 0.1) is 23.6 Å². The van der Waals surface area contributed by atoms with Crippen LogP contribution in [0.3, 0.4) is 0 Å². The molecule has 1 aromatic heterocycles. The molecule has 0 saturated carbocycles. The van der Waals surface area contributed by atoms with E-state index < -0.39 is 0 Å². The molecule has 2 rings (SSSR count). The van der Waals surface area contributed by atoms with Gasteiger partial charge < -0.3 is 15.3 Å². The van der Waals surface area contributed by atoms with E-state index in [1.807, 2.05) is 0 Å². The Labute approximate surface area is 105 Å². The SMILES string of the molecule is O=C(NCC1CCCO1)c1ccc(C=NO)nc1. The van der Waals surface area contributed by atoms with Crippen molar-refractivity contribution in [3.8, 4) is 0 Å². The molecule has 0 bridgehead atoms. The summed E-state index contributed by atoms with van der Waals surface area (Å²) in [7, 11) is 0. The van der Waals surface area contributed by atoms with Gasteiger partial charge in [0.15, 0.2) is 0 Å². The standard InChI is InChI=1S/C12H15N3O3/c16-12(14-8-11-2-1-5-18-11)9-3-4-10(7-15-17)13-6-9/h3-4,6-7,11,17H,1-2,5,8H2,(H,14,16). The third-order valence-electron chi connectivity index (χ3n) is 2.75. The van der Waals surface area contributed by atoms with Crippen molar-refractivity contribution in [3.05, 3.63) is 29.6 Å². The van der Waals surface area contributed by atoms with E-state index in [-0.39, 0.29) is 12.0 Å². The Kier molecular flexibility index (Phi) is 4.25. The van der Waals surface area contributed by atoms with Crippen molar-refractivity contribution in [2.75, 3.05) is 13.2 Å². The van der Waals surface area contributed by atoms with Crippen LogP contribution < -0.4 is 5.32 Å². The lowest BCUT2D eigenvalue weighted by Gasteiger charge is -2.10. The van der Waals surface area contributed by atoms with Gasteiger partial charge in [0.1, 0.15) is 0 Å². The second-order valence-corrected chi connectivity index (χ2v) is 4.06. The monoisotopic (exact) mass is 249 g/mol. The predicted octanol–water partition coefficient (Wildman–Crippen LogP) is 0.798. The van der Waals surface area contributed by atoms with Gasteiger partial charge in [-0.1, -0.05) is 5.16 Å². The molecule has 1 fully saturated rings. The lowest BCUT2D eigenvalue weighted by molar-refractivity contribution is 0.0857. The van der Waals surface area contributed by atoms with E-state index in [4.69, 9.17) is 9.94 Å². The van der Waals surface area contributed by atoms with Crippen LogP contribution in [0.4, 0.5) is 0 Å². The molecule has 1 aromatic rings. The van der Waals surface area contributed by atoms with E-state index >= 15 is 0 Å². The van der Waals surface area contributed by atoms with E-state index in [0.29, 0.717) is 17.8 Å². The Morgan fingerprint density at radius 3 is 3.17 bits per heavy atom. The Balaban J connectivity index is 1.87. The fraction of sp³-hybridized carbons (Fsp3) is 0.417. The molecule has 96 valence electrons. The van der Waals surface area contributed by atoms with Gasteiger partial charge in [-0.05, 0) is 25.0 Å². The van der Waals surface area contributed by atoms with Crippen molar-refractivity contribution in [2.45, 2.75) is 18.9 Å². The Bertz CT molecular complexity index is 425. The van der Waals surface area contributed by atoms with Crippen molar-refractivity contribution in [3.63, 3.8) is 0 Å². The number of nitrogens with one attached hydrogen (secondary N) is 1. The van der Waals surface area contributed by atoms with Crippen LogP contribution in [0.2, 0.25) is 0 Å². The van der Waals surface area contributed by atoms with Gasteiger partial charge in [-0.2, -0.15) is 0 Å². The van der Waals surface area contributed by atoms with Gasteiger partial charge in [0.25, 0.3) is 5.91 Å². The van der Waals surface area contributed by atoms with Crippen molar-refractivity contribution < 1.29 is 14.7 Å². The molecule has 1 atom stereocenters. The van der Waals surface area contributed by atoms with Crippen LogP contribution in [0.1, 0.15) is 28.9 Å². The topological polar surface area (TPSA) is 83.8 Å². The summed E-state index contributed by atoms with van der Waals surface area (Å²) in [5, 5.41) is 14.0. The molecule has 1 amide bonds. The Morgan fingerprint density at radius 2 is 2.56 bits per heavy atom. The first kappa shape index (κ1) is 12.5. The number of ether oxygens (including phenoxy) is 1. The van der Waals surface area contributed by atoms with Gasteiger partial charge in [0.2, 0.25) is 0 Å². The van der Waals surface area contributed by atoms with Crippen LogP contribution >= 0.6 is 0 Å². The highest BCUT2D eigenvalue weighted by Gasteiger charge is 2.16. The maximum absolute atomic E-state index is 11.8. The Morgan fingerprint density at radius 1 is 1.67 bits per heavy atom. The van der Waals surface area contributed by atoms with E-state index in [9.17, 15) is 4.79 Å². The fourth-order valence-electron chi connectivity index (χ4n) is 1.79. The molecule has 0 radical (unpaired) electrons. The zero-order valence-corrected chi connectivity index (χ0v) is 9.87. The molecule has 1 unspecified atom stereocenters. The molecular formula is C12H15N3O3. The van der Waals surface area contributed by atoms with Crippen molar-refractivity contribution in [1.29, 1.82) is 0 Å². The molecule has 1 aliphatic heterocycles. The molecule has 18 heavy (non-hydrogen) atoms. The quantitative estimate of drug-likeness (QED) is 0.469. The summed E-state index contributed by atoms with van der Waals surface area (Å²) in [4.78, 5) is 15.7. The zero-order valence-electron chi connectivity index (χ0n) is 9.87. The summed E-state index contributed by atoms with van der Waals surface area (Å²) in [6, 6.07) is 3.25. The van der Waals surface area contributed by atoms with Gasteiger partial charge in [-0.25, -0.2) is 0 Å². The number of hydrogen-bond donors (Lipinski definition) is 2. The summed E-state index contributed by atoms with van der Waals surface area (Å²) in [5.41, 5.74) is 0.969. The number of amides is 1. The number of carbonyl (C=O) groups excluding carboxylic acids is 1. The number of hydrogen-bond acceptors (Lipinski definition) is 5. The van der Waals surface area contributed by atoms with Crippen molar-refractivity contribution in [1.82, 2.24) is 10.3 Å². The third kappa shape index (κ3) is 3.27. The Hall–Kier alpha value is -1.95. The average Bonchev–Trinajstić information content (AvgIpc) is 2.90. The number of pyridine rings is 1. The van der Waals surface area contributed by atoms with Crippen LogP contribution in [0, 0.1) is 0 Å². The molecule has 0 aliphatic carbocycles. The average molecular weight is 249 g/mol. The first-order valence-electron chi connectivity index (χ1n) is 5.83. The maximum Gasteiger partial charge on any atom is 0.252 e. The lowest BCUT2D eigenvalue weighted by atomic mass is 10.2. The van der Waals surface area contributed by atoms with Crippen LogP contribution in [-0.4, -0.2) is 41.6 Å². The van der Waals surface area contributed by atoms with Crippen LogP contribution in [0.25, 0.3) is 0 Å². The molecule has 0 spiro atoms. The number of oxime groups is 1. The van der Waals surface area contributed by atoms with Crippen LogP contribution in [0.15, 0.2) is 23.5 Å². The van der Waals surface area contributed by atoms with Gasteiger partial charge in [0, 0.05) is 19.3 Å². The van der Waals surface area contributed by atoms with Crippen molar-refractivity contribution >= 4 is 12.1 Å². The second kappa shape index (κ2) is 6.11. The van der Waals surface area contributed by atoms with Gasteiger partial charge >= 0.3 is 0 Å². The zero-order chi connectivity index (χ0) is 12.8. The molecule has 6 heteroatoms. The van der Waals surface area contributed by atoms with Crippen molar-refractivity contribution in [2.24, 2.45) is 5.16 Å². The molecule has 1 saturated heterocycles. The molecule has 2 heterocycles. The largest absolute Gasteiger partial charge is 0.411 e. The number of carbonyl (C=O) groups is 1. The third-order valence-corrected chi connectivity index (χ3v) is 2.75. The summed E-state index contributed by atoms with van der Waals surface area (Å²) < 4.78 is 5.41. The maximum atomic E-state index is 11.8. The highest BCUT2D eigenvalue weighted by Crippen LogP contribution is 2.10. The second-order valence-electron chi connectivity index (χ2n) is 4.06. The van der Waals surface area contributed by atoms with Crippen LogP contribution in [-0.2, 0) is 4.74 Å². The number of aromatic nitrogens is 1. The molecule has 0 aromatic carbocycles. The molecular weight excluding hydrogens is 234 g/mol. The highest BCUT2D eigenvalue weighted by atomic mass is 16.5. The van der Waals surface area contributed by atoms with Gasteiger partial charge in [-0.3, -0.25) is 9.78 Å². The number of rotatable bonds is 4. The minimum Gasteiger partial charge on any atom is -0.411 e. The number of nitrogens with zero attached hydrogens (tertiary/aromatic N) is 2. The van der Waals surface area contributed by atoms with Gasteiger partial charge in [-0.15, -0.1) is 0 Å². The lowest BCUT2D eigenvalue weighted by Crippen LogP contribution is -2.31. The highest BCUT2D eigenvalue weighted by molar-refractivity contribution is 5.94. The fourth-order valence-corrected chi connectivity index (χ4v) is 1.79. The summed E-state index contributed by atoms with van der Waals surface area (Å²) in [6.07, 6.45) is 4.82. The van der Waals surface area contributed by atoms with E-state index in [1.54, 1.807) is 12.1 Å².